The molecule has 184 valence electrons. The molecule has 2 aliphatic heterocycles. The van der Waals surface area contributed by atoms with Crippen LogP contribution >= 0.6 is 0 Å². The number of rotatable bonds is 6. The Balaban J connectivity index is 1.39. The van der Waals surface area contributed by atoms with Gasteiger partial charge in [-0.25, -0.2) is 0 Å². The molecule has 0 spiro atoms. The summed E-state index contributed by atoms with van der Waals surface area (Å²) >= 11 is 0. The maximum atomic E-state index is 13.5. The highest BCUT2D eigenvalue weighted by Crippen LogP contribution is 2.26. The predicted octanol–water partition coefficient (Wildman–Crippen LogP) is 2.78. The van der Waals surface area contributed by atoms with Crippen LogP contribution in [0, 0.1) is 6.92 Å². The molecule has 1 saturated heterocycles. The third-order valence-corrected chi connectivity index (χ3v) is 7.05. The minimum atomic E-state index is -0.0561. The number of aryl methyl sites for hydroxylation is 4. The van der Waals surface area contributed by atoms with Crippen molar-refractivity contribution in [1.82, 2.24) is 34.3 Å². The van der Waals surface area contributed by atoms with Gasteiger partial charge in [0.25, 0.3) is 11.8 Å². The highest BCUT2D eigenvalue weighted by Gasteiger charge is 2.33. The number of hydrogen-bond acceptors (Lipinski definition) is 5. The molecule has 5 rings (SSSR count). The third kappa shape index (κ3) is 4.85. The first kappa shape index (κ1) is 23.3. The van der Waals surface area contributed by atoms with Crippen molar-refractivity contribution in [3.63, 3.8) is 0 Å². The quantitative estimate of drug-likeness (QED) is 0.547. The average Bonchev–Trinajstić information content (AvgIpc) is 3.42. The van der Waals surface area contributed by atoms with Crippen molar-refractivity contribution in [2.24, 2.45) is 7.05 Å². The number of fused-ring (bicyclic) bond motifs is 1. The SMILES string of the molecule is Cc1cc(C(=O)N2CCc3c(c(C(=O)N4CCCCC4)nn3CCCc3cccnc3)C2)n(C)n1. The first-order chi connectivity index (χ1) is 17.0. The molecule has 2 amide bonds. The van der Waals surface area contributed by atoms with Gasteiger partial charge >= 0.3 is 0 Å². The first-order valence-electron chi connectivity index (χ1n) is 12.6. The van der Waals surface area contributed by atoms with Crippen molar-refractivity contribution in [1.29, 1.82) is 0 Å². The zero-order valence-corrected chi connectivity index (χ0v) is 20.6. The van der Waals surface area contributed by atoms with Crippen molar-refractivity contribution in [2.45, 2.75) is 58.5 Å². The zero-order valence-electron chi connectivity index (χ0n) is 20.6. The number of hydrogen-bond donors (Lipinski definition) is 0. The molecule has 0 radical (unpaired) electrons. The van der Waals surface area contributed by atoms with E-state index >= 15 is 0 Å². The fourth-order valence-electron chi connectivity index (χ4n) is 5.22. The van der Waals surface area contributed by atoms with Gasteiger partial charge < -0.3 is 9.80 Å². The van der Waals surface area contributed by atoms with Crippen LogP contribution in [0.3, 0.4) is 0 Å². The van der Waals surface area contributed by atoms with Crippen molar-refractivity contribution in [2.75, 3.05) is 19.6 Å². The molecule has 9 heteroatoms. The van der Waals surface area contributed by atoms with Gasteiger partial charge in [-0.1, -0.05) is 6.07 Å². The van der Waals surface area contributed by atoms with Gasteiger partial charge in [-0.15, -0.1) is 0 Å². The van der Waals surface area contributed by atoms with Gasteiger partial charge in [0.15, 0.2) is 5.69 Å². The number of aromatic nitrogens is 5. The summed E-state index contributed by atoms with van der Waals surface area (Å²) < 4.78 is 3.65. The Morgan fingerprint density at radius 3 is 2.57 bits per heavy atom. The smallest absolute Gasteiger partial charge is 0.274 e. The van der Waals surface area contributed by atoms with Gasteiger partial charge in [0.2, 0.25) is 0 Å². The molecular weight excluding hydrogens is 442 g/mol. The van der Waals surface area contributed by atoms with E-state index in [1.54, 1.807) is 17.9 Å². The van der Waals surface area contributed by atoms with E-state index in [9.17, 15) is 9.59 Å². The lowest BCUT2D eigenvalue weighted by Crippen LogP contribution is -2.39. The van der Waals surface area contributed by atoms with Gasteiger partial charge in [0.05, 0.1) is 12.2 Å². The third-order valence-electron chi connectivity index (χ3n) is 7.05. The number of amides is 2. The maximum absolute atomic E-state index is 13.5. The minimum Gasteiger partial charge on any atom is -0.337 e. The molecule has 5 heterocycles. The van der Waals surface area contributed by atoms with Crippen molar-refractivity contribution >= 4 is 11.8 Å². The van der Waals surface area contributed by atoms with Crippen molar-refractivity contribution in [3.8, 4) is 0 Å². The normalized spacial score (nSPS) is 15.8. The van der Waals surface area contributed by atoms with E-state index in [0.717, 1.165) is 68.7 Å². The fourth-order valence-corrected chi connectivity index (χ4v) is 5.22. The van der Waals surface area contributed by atoms with Gasteiger partial charge in [-0.3, -0.25) is 23.9 Å². The lowest BCUT2D eigenvalue weighted by atomic mass is 10.0. The van der Waals surface area contributed by atoms with E-state index in [1.165, 1.54) is 5.56 Å². The molecule has 2 aliphatic rings. The summed E-state index contributed by atoms with van der Waals surface area (Å²) in [7, 11) is 1.79. The van der Waals surface area contributed by atoms with E-state index in [2.05, 4.69) is 16.1 Å². The van der Waals surface area contributed by atoms with Crippen LogP contribution in [0.4, 0.5) is 0 Å². The van der Waals surface area contributed by atoms with Crippen LogP contribution < -0.4 is 0 Å². The molecule has 0 N–H and O–H groups in total. The van der Waals surface area contributed by atoms with Crippen LogP contribution in [0.1, 0.15) is 69.2 Å². The zero-order chi connectivity index (χ0) is 24.4. The molecule has 1 fully saturated rings. The largest absolute Gasteiger partial charge is 0.337 e. The Morgan fingerprint density at radius 1 is 1.03 bits per heavy atom. The second-order valence-corrected chi connectivity index (χ2v) is 9.59. The van der Waals surface area contributed by atoms with Crippen molar-refractivity contribution in [3.05, 3.63) is 64.5 Å². The van der Waals surface area contributed by atoms with Crippen LogP contribution in [0.2, 0.25) is 0 Å². The molecule has 0 aliphatic carbocycles. The standard InChI is InChI=1S/C26H33N7O2/c1-19-16-23(30(2)28-19)25(34)32-15-10-22-21(18-32)24(26(35)31-12-4-3-5-13-31)29-33(22)14-7-9-20-8-6-11-27-17-20/h6,8,11,16-17H,3-5,7,9-10,12-15,18H2,1-2H3. The summed E-state index contributed by atoms with van der Waals surface area (Å²) in [6.07, 6.45) is 9.41. The van der Waals surface area contributed by atoms with Crippen LogP contribution in [0.25, 0.3) is 0 Å². The molecule has 0 saturated carbocycles. The van der Waals surface area contributed by atoms with Crippen LogP contribution in [0.15, 0.2) is 30.6 Å². The van der Waals surface area contributed by atoms with Crippen LogP contribution in [-0.2, 0) is 33.0 Å². The number of likely N-dealkylation sites (tertiary alicyclic amines) is 1. The predicted molar refractivity (Wildman–Crippen MR) is 131 cm³/mol. The highest BCUT2D eigenvalue weighted by molar-refractivity contribution is 5.95. The van der Waals surface area contributed by atoms with E-state index in [0.29, 0.717) is 30.9 Å². The Hall–Kier alpha value is -3.49. The molecule has 0 aromatic carbocycles. The van der Waals surface area contributed by atoms with Gasteiger partial charge in [-0.2, -0.15) is 10.2 Å². The molecule has 0 atom stereocenters. The van der Waals surface area contributed by atoms with Gasteiger partial charge in [-0.05, 0) is 56.7 Å². The summed E-state index contributed by atoms with van der Waals surface area (Å²) in [5.41, 5.74) is 5.08. The van der Waals surface area contributed by atoms with Gasteiger partial charge in [0.1, 0.15) is 5.69 Å². The van der Waals surface area contributed by atoms with Crippen LogP contribution in [-0.4, -0.2) is 65.8 Å². The van der Waals surface area contributed by atoms with Crippen LogP contribution in [0.5, 0.6) is 0 Å². The summed E-state index contributed by atoms with van der Waals surface area (Å²) in [5.74, 6) is -0.0583. The second kappa shape index (κ2) is 10.0. The lowest BCUT2D eigenvalue weighted by Gasteiger charge is -2.29. The van der Waals surface area contributed by atoms with E-state index in [1.807, 2.05) is 39.7 Å². The van der Waals surface area contributed by atoms with Gasteiger partial charge in [0, 0.05) is 63.3 Å². The Bertz CT molecular complexity index is 1210. The highest BCUT2D eigenvalue weighted by atomic mass is 16.2. The molecule has 9 nitrogen and oxygen atoms in total. The molecule has 3 aromatic heterocycles. The fraction of sp³-hybridized carbons (Fsp3) is 0.500. The minimum absolute atomic E-state index is 0.00219. The summed E-state index contributed by atoms with van der Waals surface area (Å²) in [6, 6.07) is 5.86. The number of nitrogens with zero attached hydrogens (tertiary/aromatic N) is 7. The number of carbonyl (C=O) groups excluding carboxylic acids is 2. The summed E-state index contributed by atoms with van der Waals surface area (Å²) in [5, 5.41) is 9.17. The number of carbonyl (C=O) groups is 2. The Kier molecular flexibility index (Phi) is 6.66. The molecule has 3 aromatic rings. The monoisotopic (exact) mass is 475 g/mol. The first-order valence-corrected chi connectivity index (χ1v) is 12.6. The lowest BCUT2D eigenvalue weighted by molar-refractivity contribution is 0.0692. The second-order valence-electron chi connectivity index (χ2n) is 9.59. The van der Waals surface area contributed by atoms with E-state index in [4.69, 9.17) is 5.10 Å². The maximum Gasteiger partial charge on any atom is 0.274 e. The summed E-state index contributed by atoms with van der Waals surface area (Å²) in [6.45, 7) is 5.17. The molecular formula is C26H33N7O2. The number of pyridine rings is 1. The van der Waals surface area contributed by atoms with E-state index < -0.39 is 0 Å². The number of piperidine rings is 1. The van der Waals surface area contributed by atoms with Crippen molar-refractivity contribution < 1.29 is 9.59 Å². The molecule has 35 heavy (non-hydrogen) atoms. The topological polar surface area (TPSA) is 89.2 Å². The molecule has 0 bridgehead atoms. The van der Waals surface area contributed by atoms with E-state index in [-0.39, 0.29) is 11.8 Å². The Labute approximate surface area is 205 Å². The summed E-state index contributed by atoms with van der Waals surface area (Å²) in [4.78, 5) is 34.8. The Morgan fingerprint density at radius 2 is 1.86 bits per heavy atom. The molecule has 0 unspecified atom stereocenters. The average molecular weight is 476 g/mol.